The van der Waals surface area contributed by atoms with Crippen molar-refractivity contribution in [3.63, 3.8) is 0 Å². The molecule has 0 saturated carbocycles. The van der Waals surface area contributed by atoms with Crippen molar-refractivity contribution in [1.29, 1.82) is 0 Å². The maximum Gasteiger partial charge on any atom is 0.255 e. The van der Waals surface area contributed by atoms with Crippen molar-refractivity contribution in [2.75, 3.05) is 26.4 Å². The van der Waals surface area contributed by atoms with Crippen LogP contribution in [0.3, 0.4) is 0 Å². The average molecular weight is 543 g/mol. The van der Waals surface area contributed by atoms with Gasteiger partial charge in [0.15, 0.2) is 0 Å². The Balaban J connectivity index is 1.53. The smallest absolute Gasteiger partial charge is 0.255 e. The van der Waals surface area contributed by atoms with E-state index >= 15 is 0 Å². The van der Waals surface area contributed by atoms with E-state index in [1.165, 1.54) is 34.7 Å². The molecule has 198 valence electrons. The summed E-state index contributed by atoms with van der Waals surface area (Å²) in [5.41, 5.74) is 2.43. The molecule has 1 amide bonds. The van der Waals surface area contributed by atoms with Crippen LogP contribution < -0.4 is 0 Å². The van der Waals surface area contributed by atoms with Gasteiger partial charge in [0.05, 0.1) is 17.0 Å². The van der Waals surface area contributed by atoms with Crippen LogP contribution in [0.5, 0.6) is 0 Å². The van der Waals surface area contributed by atoms with Crippen LogP contribution in [0.4, 0.5) is 0 Å². The Morgan fingerprint density at radius 3 is 2.38 bits per heavy atom. The third-order valence-corrected chi connectivity index (χ3v) is 9.26. The fraction of sp³-hybridized carbons (Fsp3) is 0.444. The first-order valence-corrected chi connectivity index (χ1v) is 15.2. The molecule has 0 bridgehead atoms. The molecule has 37 heavy (non-hydrogen) atoms. The maximum absolute atomic E-state index is 13.4. The maximum atomic E-state index is 13.4. The lowest BCUT2D eigenvalue weighted by Crippen LogP contribution is -2.32. The molecule has 0 N–H and O–H groups in total. The van der Waals surface area contributed by atoms with Gasteiger partial charge in [-0.3, -0.25) is 4.79 Å². The van der Waals surface area contributed by atoms with Gasteiger partial charge in [0.1, 0.15) is 0 Å². The van der Waals surface area contributed by atoms with E-state index in [1.54, 1.807) is 12.1 Å². The molecule has 0 aliphatic carbocycles. The predicted octanol–water partition coefficient (Wildman–Crippen LogP) is 5.42. The molecular formula is C27H34N4O4S2. The largest absolute Gasteiger partial charge is 0.339 e. The van der Waals surface area contributed by atoms with Gasteiger partial charge in [-0.25, -0.2) is 8.42 Å². The zero-order valence-corrected chi connectivity index (χ0v) is 23.4. The first-order chi connectivity index (χ1) is 17.7. The molecule has 3 aromatic rings. The van der Waals surface area contributed by atoms with Gasteiger partial charge in [0.2, 0.25) is 21.7 Å². The van der Waals surface area contributed by atoms with E-state index in [1.807, 2.05) is 35.4 Å². The number of hydrogen-bond donors (Lipinski definition) is 0. The van der Waals surface area contributed by atoms with Crippen LogP contribution in [-0.2, 0) is 16.6 Å². The molecule has 0 radical (unpaired) electrons. The van der Waals surface area contributed by atoms with E-state index in [4.69, 9.17) is 4.52 Å². The Kier molecular flexibility index (Phi) is 8.71. The molecule has 4 rings (SSSR count). The highest BCUT2D eigenvalue weighted by molar-refractivity contribution is 7.98. The number of carbonyl (C=O) groups is 1. The monoisotopic (exact) mass is 542 g/mol. The number of nitrogens with zero attached hydrogens (tertiary/aromatic N) is 4. The molecule has 8 nitrogen and oxygen atoms in total. The van der Waals surface area contributed by atoms with Crippen molar-refractivity contribution < 1.29 is 17.7 Å². The van der Waals surface area contributed by atoms with Gasteiger partial charge in [-0.05, 0) is 48.8 Å². The lowest BCUT2D eigenvalue weighted by atomic mass is 10.0. The topological polar surface area (TPSA) is 96.6 Å². The predicted molar refractivity (Wildman–Crippen MR) is 145 cm³/mol. The molecule has 2 aromatic carbocycles. The van der Waals surface area contributed by atoms with Gasteiger partial charge in [-0.2, -0.15) is 9.29 Å². The van der Waals surface area contributed by atoms with Crippen LogP contribution in [0, 0.1) is 0 Å². The number of benzene rings is 2. The van der Waals surface area contributed by atoms with Gasteiger partial charge in [-0.1, -0.05) is 56.1 Å². The van der Waals surface area contributed by atoms with Crippen LogP contribution in [0.25, 0.3) is 11.4 Å². The van der Waals surface area contributed by atoms with Crippen LogP contribution >= 0.6 is 11.8 Å². The number of sulfonamides is 1. The highest BCUT2D eigenvalue weighted by atomic mass is 32.2. The number of carbonyl (C=O) groups excluding carboxylic acids is 1. The zero-order valence-electron chi connectivity index (χ0n) is 21.8. The van der Waals surface area contributed by atoms with Crippen LogP contribution in [0.2, 0.25) is 0 Å². The molecule has 0 unspecified atom stereocenters. The quantitative estimate of drug-likeness (QED) is 0.351. The van der Waals surface area contributed by atoms with Crippen LogP contribution in [-0.4, -0.2) is 60.1 Å². The second-order valence-electron chi connectivity index (χ2n) is 9.62. The number of rotatable bonds is 8. The van der Waals surface area contributed by atoms with Crippen molar-refractivity contribution in [2.45, 2.75) is 61.8 Å². The number of amides is 1. The van der Waals surface area contributed by atoms with E-state index in [0.717, 1.165) is 36.1 Å². The minimum Gasteiger partial charge on any atom is -0.339 e. The summed E-state index contributed by atoms with van der Waals surface area (Å²) >= 11 is 1.44. The van der Waals surface area contributed by atoms with E-state index in [-0.39, 0.29) is 23.2 Å². The molecular weight excluding hydrogens is 508 g/mol. The molecule has 0 spiro atoms. The van der Waals surface area contributed by atoms with E-state index in [9.17, 15) is 13.2 Å². The van der Waals surface area contributed by atoms with Gasteiger partial charge < -0.3 is 9.42 Å². The van der Waals surface area contributed by atoms with Crippen LogP contribution in [0.1, 0.15) is 67.3 Å². The van der Waals surface area contributed by atoms with Crippen molar-refractivity contribution in [2.24, 2.45) is 0 Å². The SMILES string of the molecule is CSc1ccc(S(=O)(=O)N(C)Cc2nc(-c3ccc(C(C)C)cc3)no2)cc1C(=O)N1CCCCCC1. The Morgan fingerprint density at radius 1 is 1.08 bits per heavy atom. The molecule has 1 fully saturated rings. The molecule has 2 heterocycles. The summed E-state index contributed by atoms with van der Waals surface area (Å²) in [7, 11) is -2.43. The second-order valence-corrected chi connectivity index (χ2v) is 12.5. The summed E-state index contributed by atoms with van der Waals surface area (Å²) in [6.45, 7) is 5.56. The van der Waals surface area contributed by atoms with E-state index in [0.29, 0.717) is 30.4 Å². The normalized spacial score (nSPS) is 14.8. The van der Waals surface area contributed by atoms with Gasteiger partial charge in [0, 0.05) is 30.6 Å². The lowest BCUT2D eigenvalue weighted by molar-refractivity contribution is 0.0758. The van der Waals surface area contributed by atoms with Crippen LogP contribution in [0.15, 0.2) is 56.8 Å². The van der Waals surface area contributed by atoms with Gasteiger partial charge in [-0.15, -0.1) is 11.8 Å². The molecule has 0 atom stereocenters. The third-order valence-electron chi connectivity index (χ3n) is 6.66. The summed E-state index contributed by atoms with van der Waals surface area (Å²) in [6.07, 6.45) is 6.04. The minimum absolute atomic E-state index is 0.0648. The highest BCUT2D eigenvalue weighted by Crippen LogP contribution is 2.28. The summed E-state index contributed by atoms with van der Waals surface area (Å²) in [5, 5.41) is 4.03. The Bertz CT molecular complexity index is 1330. The fourth-order valence-electron chi connectivity index (χ4n) is 4.37. The third kappa shape index (κ3) is 6.25. The summed E-state index contributed by atoms with van der Waals surface area (Å²) in [4.78, 5) is 20.4. The molecule has 1 aromatic heterocycles. The number of aromatic nitrogens is 2. The molecule has 1 saturated heterocycles. The van der Waals surface area contributed by atoms with Gasteiger partial charge in [0.25, 0.3) is 5.91 Å². The van der Waals surface area contributed by atoms with E-state index < -0.39 is 10.0 Å². The molecule has 10 heteroatoms. The molecule has 1 aliphatic heterocycles. The first-order valence-electron chi connectivity index (χ1n) is 12.6. The van der Waals surface area contributed by atoms with Crippen molar-refractivity contribution in [3.8, 4) is 11.4 Å². The summed E-state index contributed by atoms with van der Waals surface area (Å²) < 4.78 is 33.4. The van der Waals surface area contributed by atoms with Crippen molar-refractivity contribution in [3.05, 3.63) is 59.5 Å². The number of thioether (sulfide) groups is 1. The molecule has 1 aliphatic rings. The number of likely N-dealkylation sites (tertiary alicyclic amines) is 1. The number of hydrogen-bond acceptors (Lipinski definition) is 7. The Morgan fingerprint density at radius 2 is 1.76 bits per heavy atom. The first kappa shape index (κ1) is 27.3. The van der Waals surface area contributed by atoms with E-state index in [2.05, 4.69) is 24.0 Å². The minimum atomic E-state index is -3.90. The fourth-order valence-corrected chi connectivity index (χ4v) is 6.08. The second kappa shape index (κ2) is 11.8. The van der Waals surface area contributed by atoms with Gasteiger partial charge >= 0.3 is 0 Å². The summed E-state index contributed by atoms with van der Waals surface area (Å²) in [6, 6.07) is 12.7. The summed E-state index contributed by atoms with van der Waals surface area (Å²) in [5.74, 6) is 0.899. The average Bonchev–Trinajstić information content (AvgIpc) is 3.19. The zero-order chi connectivity index (χ0) is 26.6. The Hall–Kier alpha value is -2.69. The standard InChI is InChI=1S/C27H34N4O4S2/c1-19(2)20-9-11-21(12-10-20)26-28-25(35-29-26)18-30(3)37(33,34)22-13-14-24(36-4)23(17-22)27(32)31-15-7-5-6-8-16-31/h9-14,17,19H,5-8,15-16,18H2,1-4H3. The highest BCUT2D eigenvalue weighted by Gasteiger charge is 2.27. The van der Waals surface area contributed by atoms with Crippen molar-refractivity contribution >= 4 is 27.7 Å². The van der Waals surface area contributed by atoms with Crippen molar-refractivity contribution in [1.82, 2.24) is 19.3 Å². The lowest BCUT2D eigenvalue weighted by Gasteiger charge is -2.22. The Labute approximate surface area is 223 Å².